The van der Waals surface area contributed by atoms with Crippen LogP contribution in [0, 0.1) is 17.0 Å². The first kappa shape index (κ1) is 20.1. The number of carbonyl (C=O) groups is 2. The van der Waals surface area contributed by atoms with Crippen LogP contribution in [0.25, 0.3) is 0 Å². The summed E-state index contributed by atoms with van der Waals surface area (Å²) in [4.78, 5) is 36.9. The molecule has 7 heteroatoms. The Hall–Kier alpha value is -3.22. The van der Waals surface area contributed by atoms with Gasteiger partial charge in [-0.3, -0.25) is 14.9 Å². The van der Waals surface area contributed by atoms with Crippen molar-refractivity contribution in [3.05, 3.63) is 75.3 Å². The minimum Gasteiger partial charge on any atom is -0.452 e. The number of nitro benzene ring substituents is 1. The molecular weight excluding hydrogens is 348 g/mol. The molecule has 142 valence electrons. The van der Waals surface area contributed by atoms with Crippen LogP contribution in [0.5, 0.6) is 0 Å². The second kappa shape index (κ2) is 8.93. The van der Waals surface area contributed by atoms with E-state index in [1.165, 1.54) is 25.1 Å². The second-order valence-electron chi connectivity index (χ2n) is 6.38. The van der Waals surface area contributed by atoms with Gasteiger partial charge in [0.05, 0.1) is 10.5 Å². The van der Waals surface area contributed by atoms with E-state index in [2.05, 4.69) is 0 Å². The van der Waals surface area contributed by atoms with Crippen molar-refractivity contribution in [1.82, 2.24) is 4.90 Å². The highest BCUT2D eigenvalue weighted by Gasteiger charge is 2.22. The van der Waals surface area contributed by atoms with E-state index in [4.69, 9.17) is 4.74 Å². The molecule has 0 fully saturated rings. The smallest absolute Gasteiger partial charge is 0.339 e. The van der Waals surface area contributed by atoms with Gasteiger partial charge >= 0.3 is 5.97 Å². The molecule has 0 aromatic heterocycles. The Morgan fingerprint density at radius 3 is 2.37 bits per heavy atom. The molecule has 0 radical (unpaired) electrons. The standard InChI is InChI=1S/C20H22N2O5/c1-14(2)21(12-16-8-5-4-6-9-16)19(23)13-27-20(24)17-10-7-11-18(15(17)3)22(25)26/h4-11,14H,12-13H2,1-3H3. The van der Waals surface area contributed by atoms with E-state index in [9.17, 15) is 19.7 Å². The summed E-state index contributed by atoms with van der Waals surface area (Å²) in [5.41, 5.74) is 1.10. The van der Waals surface area contributed by atoms with E-state index in [1.54, 1.807) is 4.90 Å². The number of ether oxygens (including phenoxy) is 1. The zero-order chi connectivity index (χ0) is 20.0. The number of amides is 1. The normalized spacial score (nSPS) is 10.5. The maximum atomic E-state index is 12.5. The molecule has 0 unspecified atom stereocenters. The first-order valence-electron chi connectivity index (χ1n) is 8.55. The van der Waals surface area contributed by atoms with Gasteiger partial charge in [-0.05, 0) is 32.4 Å². The Balaban J connectivity index is 2.06. The number of carbonyl (C=O) groups excluding carboxylic acids is 2. The lowest BCUT2D eigenvalue weighted by atomic mass is 10.1. The number of rotatable bonds is 7. The van der Waals surface area contributed by atoms with Gasteiger partial charge in [-0.15, -0.1) is 0 Å². The predicted molar refractivity (Wildman–Crippen MR) is 100 cm³/mol. The lowest BCUT2D eigenvalue weighted by Crippen LogP contribution is -2.39. The molecule has 2 aromatic carbocycles. The highest BCUT2D eigenvalue weighted by molar-refractivity contribution is 5.93. The number of hydrogen-bond donors (Lipinski definition) is 0. The third-order valence-electron chi connectivity index (χ3n) is 4.19. The van der Waals surface area contributed by atoms with Gasteiger partial charge in [-0.1, -0.05) is 36.4 Å². The molecule has 0 aliphatic carbocycles. The van der Waals surface area contributed by atoms with E-state index in [0.29, 0.717) is 6.54 Å². The van der Waals surface area contributed by atoms with Crippen molar-refractivity contribution >= 4 is 17.6 Å². The summed E-state index contributed by atoms with van der Waals surface area (Å²) in [7, 11) is 0. The molecule has 0 N–H and O–H groups in total. The van der Waals surface area contributed by atoms with Gasteiger partial charge in [0.15, 0.2) is 6.61 Å². The summed E-state index contributed by atoms with van der Waals surface area (Å²) in [6, 6.07) is 13.6. The first-order chi connectivity index (χ1) is 12.8. The van der Waals surface area contributed by atoms with Crippen molar-refractivity contribution < 1.29 is 19.2 Å². The zero-order valence-electron chi connectivity index (χ0n) is 15.5. The molecule has 0 saturated heterocycles. The maximum Gasteiger partial charge on any atom is 0.339 e. The highest BCUT2D eigenvalue weighted by atomic mass is 16.6. The van der Waals surface area contributed by atoms with Crippen molar-refractivity contribution in [2.24, 2.45) is 0 Å². The lowest BCUT2D eigenvalue weighted by Gasteiger charge is -2.26. The summed E-state index contributed by atoms with van der Waals surface area (Å²) in [5.74, 6) is -1.08. The zero-order valence-corrected chi connectivity index (χ0v) is 15.5. The molecule has 27 heavy (non-hydrogen) atoms. The second-order valence-corrected chi connectivity index (χ2v) is 6.38. The van der Waals surface area contributed by atoms with Crippen molar-refractivity contribution in [2.45, 2.75) is 33.4 Å². The summed E-state index contributed by atoms with van der Waals surface area (Å²) in [6.45, 7) is 5.23. The Labute approximate surface area is 157 Å². The van der Waals surface area contributed by atoms with Crippen LogP contribution >= 0.6 is 0 Å². The highest BCUT2D eigenvalue weighted by Crippen LogP contribution is 2.21. The van der Waals surface area contributed by atoms with E-state index in [0.717, 1.165) is 5.56 Å². The monoisotopic (exact) mass is 370 g/mol. The molecule has 0 atom stereocenters. The average molecular weight is 370 g/mol. The van der Waals surface area contributed by atoms with Crippen LogP contribution in [-0.2, 0) is 16.1 Å². The number of benzene rings is 2. The Morgan fingerprint density at radius 1 is 1.11 bits per heavy atom. The quantitative estimate of drug-likeness (QED) is 0.423. The third-order valence-corrected chi connectivity index (χ3v) is 4.19. The average Bonchev–Trinajstić information content (AvgIpc) is 2.64. The van der Waals surface area contributed by atoms with E-state index < -0.39 is 17.5 Å². The molecule has 2 rings (SSSR count). The van der Waals surface area contributed by atoms with Crippen molar-refractivity contribution in [3.63, 3.8) is 0 Å². The van der Waals surface area contributed by atoms with Crippen LogP contribution in [-0.4, -0.2) is 34.3 Å². The predicted octanol–water partition coefficient (Wildman–Crippen LogP) is 3.50. The van der Waals surface area contributed by atoms with Gasteiger partial charge in [0, 0.05) is 24.2 Å². The molecular formula is C20H22N2O5. The van der Waals surface area contributed by atoms with Gasteiger partial charge in [0.2, 0.25) is 0 Å². The largest absolute Gasteiger partial charge is 0.452 e. The number of nitro groups is 1. The van der Waals surface area contributed by atoms with Crippen LogP contribution in [0.4, 0.5) is 5.69 Å². The van der Waals surface area contributed by atoms with E-state index >= 15 is 0 Å². The maximum absolute atomic E-state index is 12.5. The summed E-state index contributed by atoms with van der Waals surface area (Å²) in [6.07, 6.45) is 0. The van der Waals surface area contributed by atoms with Crippen molar-refractivity contribution in [3.8, 4) is 0 Å². The van der Waals surface area contributed by atoms with Gasteiger partial charge in [0.25, 0.3) is 11.6 Å². The van der Waals surface area contributed by atoms with Gasteiger partial charge in [0.1, 0.15) is 0 Å². The number of esters is 1. The van der Waals surface area contributed by atoms with Crippen LogP contribution < -0.4 is 0 Å². The summed E-state index contributed by atoms with van der Waals surface area (Å²) >= 11 is 0. The van der Waals surface area contributed by atoms with Gasteiger partial charge in [-0.25, -0.2) is 4.79 Å². The van der Waals surface area contributed by atoms with Crippen molar-refractivity contribution in [2.75, 3.05) is 6.61 Å². The minimum absolute atomic E-state index is 0.0732. The van der Waals surface area contributed by atoms with Crippen LogP contribution in [0.3, 0.4) is 0 Å². The molecule has 0 bridgehead atoms. The summed E-state index contributed by atoms with van der Waals surface area (Å²) < 4.78 is 5.12. The molecule has 0 aliphatic heterocycles. The molecule has 1 amide bonds. The Kier molecular flexibility index (Phi) is 6.65. The van der Waals surface area contributed by atoms with Crippen LogP contribution in [0.2, 0.25) is 0 Å². The Morgan fingerprint density at radius 2 is 1.78 bits per heavy atom. The lowest BCUT2D eigenvalue weighted by molar-refractivity contribution is -0.385. The van der Waals surface area contributed by atoms with Gasteiger partial charge in [-0.2, -0.15) is 0 Å². The Bertz CT molecular complexity index is 834. The number of hydrogen-bond acceptors (Lipinski definition) is 5. The molecule has 7 nitrogen and oxygen atoms in total. The molecule has 0 aliphatic rings. The van der Waals surface area contributed by atoms with Gasteiger partial charge < -0.3 is 9.64 Å². The molecule has 0 heterocycles. The first-order valence-corrected chi connectivity index (χ1v) is 8.55. The van der Waals surface area contributed by atoms with E-state index in [1.807, 2.05) is 44.2 Å². The topological polar surface area (TPSA) is 89.8 Å². The molecule has 0 saturated carbocycles. The summed E-state index contributed by atoms with van der Waals surface area (Å²) in [5, 5.41) is 11.0. The minimum atomic E-state index is -0.757. The number of nitrogens with zero attached hydrogens (tertiary/aromatic N) is 2. The van der Waals surface area contributed by atoms with Crippen molar-refractivity contribution in [1.29, 1.82) is 0 Å². The SMILES string of the molecule is Cc1c(C(=O)OCC(=O)N(Cc2ccccc2)C(C)C)cccc1[N+](=O)[O-]. The fourth-order valence-corrected chi connectivity index (χ4v) is 2.67. The fraction of sp³-hybridized carbons (Fsp3) is 0.300. The molecule has 0 spiro atoms. The van der Waals surface area contributed by atoms with E-state index in [-0.39, 0.29) is 28.8 Å². The fourth-order valence-electron chi connectivity index (χ4n) is 2.67. The molecule has 2 aromatic rings. The van der Waals surface area contributed by atoms with Crippen LogP contribution in [0.1, 0.15) is 35.3 Å². The van der Waals surface area contributed by atoms with Crippen LogP contribution in [0.15, 0.2) is 48.5 Å². The third kappa shape index (κ3) is 5.13.